The van der Waals surface area contributed by atoms with Gasteiger partial charge in [-0.15, -0.1) is 0 Å². The van der Waals surface area contributed by atoms with Crippen LogP contribution in [-0.4, -0.2) is 64.5 Å². The Labute approximate surface area is 242 Å². The molecular formula is C29H66O5Si4. The Morgan fingerprint density at radius 2 is 0.789 bits per heavy atom. The summed E-state index contributed by atoms with van der Waals surface area (Å²) in [6, 6.07) is 0. The van der Waals surface area contributed by atoms with Crippen molar-refractivity contribution in [1.82, 2.24) is 0 Å². The minimum Gasteiger partial charge on any atom is -0.414 e. The van der Waals surface area contributed by atoms with Crippen LogP contribution in [0, 0.1) is 0 Å². The minimum atomic E-state index is -2.16. The van der Waals surface area contributed by atoms with E-state index in [1.807, 2.05) is 0 Å². The highest BCUT2D eigenvalue weighted by atomic mass is 28.4. The molecule has 1 aliphatic heterocycles. The fraction of sp³-hybridized carbons (Fsp3) is 1.00. The van der Waals surface area contributed by atoms with Crippen molar-refractivity contribution in [3.63, 3.8) is 0 Å². The van der Waals surface area contributed by atoms with E-state index in [9.17, 15) is 0 Å². The van der Waals surface area contributed by atoms with Gasteiger partial charge in [-0.3, -0.25) is 0 Å². The minimum absolute atomic E-state index is 0.0589. The molecule has 1 rings (SSSR count). The zero-order valence-electron chi connectivity index (χ0n) is 29.1. The molecule has 0 amide bonds. The molecule has 1 saturated heterocycles. The molecule has 0 aromatic carbocycles. The number of hydrogen-bond donors (Lipinski definition) is 0. The Kier molecular flexibility index (Phi) is 11.0. The molecule has 0 bridgehead atoms. The summed E-state index contributed by atoms with van der Waals surface area (Å²) in [4.78, 5) is 0. The molecule has 0 radical (unpaired) electrons. The Balaban J connectivity index is 3.61. The highest BCUT2D eigenvalue weighted by Crippen LogP contribution is 2.46. The van der Waals surface area contributed by atoms with Crippen LogP contribution in [0.1, 0.15) is 83.1 Å². The van der Waals surface area contributed by atoms with Gasteiger partial charge in [0.2, 0.25) is 0 Å². The van der Waals surface area contributed by atoms with E-state index < -0.39 is 39.6 Å². The maximum absolute atomic E-state index is 7.21. The molecule has 9 heteroatoms. The first-order valence-electron chi connectivity index (χ1n) is 14.7. The monoisotopic (exact) mass is 606 g/mol. The van der Waals surface area contributed by atoms with Gasteiger partial charge in [0.1, 0.15) is 18.3 Å². The molecular weight excluding hydrogens is 541 g/mol. The molecule has 5 nitrogen and oxygen atoms in total. The van der Waals surface area contributed by atoms with E-state index in [4.69, 9.17) is 22.4 Å². The van der Waals surface area contributed by atoms with Crippen molar-refractivity contribution in [3.8, 4) is 0 Å². The van der Waals surface area contributed by atoms with E-state index in [0.29, 0.717) is 6.61 Å². The molecule has 2 unspecified atom stereocenters. The third-order valence-corrected chi connectivity index (χ3v) is 28.3. The maximum Gasteiger partial charge on any atom is 0.195 e. The van der Waals surface area contributed by atoms with Crippen LogP contribution in [0.4, 0.5) is 0 Å². The summed E-state index contributed by atoms with van der Waals surface area (Å²) in [6.45, 7) is 46.4. The molecule has 0 aromatic rings. The lowest BCUT2D eigenvalue weighted by molar-refractivity contribution is -0.120. The summed E-state index contributed by atoms with van der Waals surface area (Å²) in [7, 11) is -8.43. The third-order valence-electron chi connectivity index (χ3n) is 10.4. The average Bonchev–Trinajstić information content (AvgIpc) is 2.91. The van der Waals surface area contributed by atoms with Crippen LogP contribution >= 0.6 is 0 Å². The molecule has 4 atom stereocenters. The zero-order chi connectivity index (χ0) is 30.6. The Bertz CT molecular complexity index is 783. The SMILES string of the molecule is CC(C)(C)[Si](C)(C)OC[C@@H]1O[C@@H](O[Si](C)(C)C(C)(C)C)C(O[Si](C)(C)C(C)(C)C)C1O[Si](C)(C)C(C)(C)C. The van der Waals surface area contributed by atoms with Crippen molar-refractivity contribution in [3.05, 3.63) is 0 Å². The highest BCUT2D eigenvalue weighted by Gasteiger charge is 2.56. The van der Waals surface area contributed by atoms with Gasteiger partial charge in [-0.1, -0.05) is 83.1 Å². The molecule has 0 aromatic heterocycles. The predicted molar refractivity (Wildman–Crippen MR) is 174 cm³/mol. The van der Waals surface area contributed by atoms with Crippen LogP contribution in [0.2, 0.25) is 72.5 Å². The van der Waals surface area contributed by atoms with Crippen LogP contribution in [-0.2, 0) is 22.4 Å². The lowest BCUT2D eigenvalue weighted by atomic mass is 10.1. The Morgan fingerprint density at radius 3 is 1.13 bits per heavy atom. The normalized spacial score (nSPS) is 25.3. The lowest BCUT2D eigenvalue weighted by Gasteiger charge is -2.45. The molecule has 1 fully saturated rings. The predicted octanol–water partition coefficient (Wildman–Crippen LogP) is 9.54. The van der Waals surface area contributed by atoms with E-state index in [1.54, 1.807) is 0 Å². The van der Waals surface area contributed by atoms with Crippen molar-refractivity contribution in [2.75, 3.05) is 6.61 Å². The summed E-state index contributed by atoms with van der Waals surface area (Å²) in [5.74, 6) is 0. The van der Waals surface area contributed by atoms with Crippen LogP contribution < -0.4 is 0 Å². The van der Waals surface area contributed by atoms with Gasteiger partial charge >= 0.3 is 0 Å². The number of rotatable bonds is 9. The summed E-state index contributed by atoms with van der Waals surface area (Å²) in [5.41, 5.74) is 0. The maximum atomic E-state index is 7.21. The largest absolute Gasteiger partial charge is 0.414 e. The van der Waals surface area contributed by atoms with Gasteiger partial charge in [0, 0.05) is 0 Å². The van der Waals surface area contributed by atoms with Crippen molar-refractivity contribution in [2.45, 2.75) is 180 Å². The molecule has 1 heterocycles. The van der Waals surface area contributed by atoms with Gasteiger partial charge in [-0.05, 0) is 72.5 Å². The van der Waals surface area contributed by atoms with Gasteiger partial charge in [0.05, 0.1) is 6.61 Å². The second-order valence-corrected chi connectivity index (χ2v) is 36.8. The molecule has 0 saturated carbocycles. The lowest BCUT2D eigenvalue weighted by Crippen LogP contribution is -2.56. The molecule has 38 heavy (non-hydrogen) atoms. The van der Waals surface area contributed by atoms with Gasteiger partial charge in [0.25, 0.3) is 0 Å². The third kappa shape index (κ3) is 8.60. The van der Waals surface area contributed by atoms with Crippen LogP contribution in [0.15, 0.2) is 0 Å². The molecule has 0 spiro atoms. The number of hydrogen-bond acceptors (Lipinski definition) is 5. The highest BCUT2D eigenvalue weighted by molar-refractivity contribution is 6.75. The Morgan fingerprint density at radius 1 is 0.474 bits per heavy atom. The van der Waals surface area contributed by atoms with Crippen molar-refractivity contribution in [1.29, 1.82) is 0 Å². The summed E-state index contributed by atoms with van der Waals surface area (Å²) in [6.07, 6.45) is -1.22. The van der Waals surface area contributed by atoms with Crippen molar-refractivity contribution < 1.29 is 22.4 Å². The van der Waals surface area contributed by atoms with Crippen molar-refractivity contribution in [2.24, 2.45) is 0 Å². The zero-order valence-corrected chi connectivity index (χ0v) is 33.1. The number of ether oxygens (including phenoxy) is 1. The smallest absolute Gasteiger partial charge is 0.195 e. The molecule has 1 aliphatic rings. The Hall–Kier alpha value is 0.668. The van der Waals surface area contributed by atoms with E-state index in [-0.39, 0.29) is 38.5 Å². The van der Waals surface area contributed by atoms with Crippen LogP contribution in [0.3, 0.4) is 0 Å². The first kappa shape index (κ1) is 36.7. The van der Waals surface area contributed by atoms with Gasteiger partial charge in [-0.2, -0.15) is 0 Å². The standard InChI is InChI=1S/C29H66O5Si4/c1-26(2,3)35(13,14)30-21-22-23(32-36(15,16)27(4,5)6)24(33-37(17,18)28(7,8)9)25(31-22)34-38(19,20)29(10,11)12/h22-25H,21H2,1-20H3/t22-,23?,24?,25-/m0/s1. The molecule has 0 N–H and O–H groups in total. The summed E-state index contributed by atoms with van der Waals surface area (Å²) < 4.78 is 35.0. The van der Waals surface area contributed by atoms with Crippen molar-refractivity contribution >= 4 is 33.3 Å². The van der Waals surface area contributed by atoms with Gasteiger partial charge in [0.15, 0.2) is 39.6 Å². The van der Waals surface area contributed by atoms with Crippen LogP contribution in [0.25, 0.3) is 0 Å². The summed E-state index contributed by atoms with van der Waals surface area (Å²) in [5, 5.41) is 0.308. The molecule has 228 valence electrons. The fourth-order valence-electron chi connectivity index (χ4n) is 3.20. The quantitative estimate of drug-likeness (QED) is 0.245. The first-order valence-corrected chi connectivity index (χ1v) is 26.3. The first-order chi connectivity index (χ1) is 16.4. The van der Waals surface area contributed by atoms with Gasteiger partial charge < -0.3 is 22.4 Å². The van der Waals surface area contributed by atoms with Gasteiger partial charge in [-0.25, -0.2) is 0 Å². The molecule has 0 aliphatic carbocycles. The second-order valence-electron chi connectivity index (χ2n) is 17.7. The topological polar surface area (TPSA) is 46.2 Å². The van der Waals surface area contributed by atoms with Crippen LogP contribution in [0.5, 0.6) is 0 Å². The average molecular weight is 607 g/mol. The van der Waals surface area contributed by atoms with E-state index >= 15 is 0 Å². The van der Waals surface area contributed by atoms with E-state index in [1.165, 1.54) is 0 Å². The van der Waals surface area contributed by atoms with E-state index in [0.717, 1.165) is 0 Å². The fourth-order valence-corrected chi connectivity index (χ4v) is 7.93. The summed E-state index contributed by atoms with van der Waals surface area (Å²) >= 11 is 0. The second kappa shape index (κ2) is 11.4. The van der Waals surface area contributed by atoms with E-state index in [2.05, 4.69) is 135 Å².